The van der Waals surface area contributed by atoms with Gasteiger partial charge in [-0.3, -0.25) is 0 Å². The summed E-state index contributed by atoms with van der Waals surface area (Å²) in [6, 6.07) is 74.7. The summed E-state index contributed by atoms with van der Waals surface area (Å²) in [6.07, 6.45) is 0. The fourth-order valence-corrected chi connectivity index (χ4v) is 8.96. The third-order valence-electron chi connectivity index (χ3n) is 11.7. The van der Waals surface area contributed by atoms with Gasteiger partial charge >= 0.3 is 0 Å². The predicted octanol–water partition coefficient (Wildman–Crippen LogP) is 15.2. The molecule has 1 aromatic heterocycles. The molecule has 266 valence electrons. The topological polar surface area (TPSA) is 17.4 Å². The van der Waals surface area contributed by atoms with E-state index in [4.69, 9.17) is 4.74 Å². The van der Waals surface area contributed by atoms with Gasteiger partial charge in [-0.05, 0) is 127 Å². The summed E-state index contributed by atoms with van der Waals surface area (Å²) in [5, 5.41) is 9.90. The van der Waals surface area contributed by atoms with E-state index in [-0.39, 0.29) is 0 Å². The van der Waals surface area contributed by atoms with Gasteiger partial charge in [-0.1, -0.05) is 133 Å². The molecule has 11 aromatic rings. The second kappa shape index (κ2) is 12.5. The third kappa shape index (κ3) is 5.06. The van der Waals surface area contributed by atoms with Gasteiger partial charge in [0.15, 0.2) is 11.5 Å². The van der Waals surface area contributed by atoms with E-state index >= 15 is 0 Å². The molecular formula is C54H34N2O. The maximum atomic E-state index is 6.36. The minimum absolute atomic E-state index is 0.877. The van der Waals surface area contributed by atoms with Crippen molar-refractivity contribution in [1.29, 1.82) is 0 Å². The van der Waals surface area contributed by atoms with E-state index in [1.165, 1.54) is 70.9 Å². The highest BCUT2D eigenvalue weighted by Crippen LogP contribution is 2.46. The highest BCUT2D eigenvalue weighted by Gasteiger charge is 2.23. The number of fused-ring (bicyclic) bond motifs is 9. The van der Waals surface area contributed by atoms with Crippen molar-refractivity contribution in [1.82, 2.24) is 4.57 Å². The van der Waals surface area contributed by atoms with E-state index in [0.717, 1.165) is 39.8 Å². The molecule has 0 fully saturated rings. The predicted molar refractivity (Wildman–Crippen MR) is 239 cm³/mol. The average molecular weight is 727 g/mol. The van der Waals surface area contributed by atoms with Crippen molar-refractivity contribution in [2.75, 3.05) is 4.90 Å². The van der Waals surface area contributed by atoms with Crippen LogP contribution in [-0.4, -0.2) is 4.57 Å². The molecule has 2 heterocycles. The second-order valence-corrected chi connectivity index (χ2v) is 15.0. The molecule has 0 atom stereocenters. The number of anilines is 3. The molecule has 3 heteroatoms. The van der Waals surface area contributed by atoms with Gasteiger partial charge in [0, 0.05) is 27.8 Å². The molecule has 1 aliphatic heterocycles. The lowest BCUT2D eigenvalue weighted by molar-refractivity contribution is 0.476. The zero-order valence-electron chi connectivity index (χ0n) is 30.9. The lowest BCUT2D eigenvalue weighted by Gasteiger charge is -2.26. The Morgan fingerprint density at radius 2 is 0.912 bits per heavy atom. The molecule has 0 N–H and O–H groups in total. The number of para-hydroxylation sites is 3. The Hall–Kier alpha value is -7.62. The number of aromatic nitrogens is 1. The first-order chi connectivity index (χ1) is 28.2. The summed E-state index contributed by atoms with van der Waals surface area (Å²) in [6.45, 7) is 0. The van der Waals surface area contributed by atoms with Crippen LogP contribution >= 0.6 is 0 Å². The van der Waals surface area contributed by atoms with Gasteiger partial charge in [0.25, 0.3) is 0 Å². The smallest absolute Gasteiger partial charge is 0.152 e. The van der Waals surface area contributed by atoms with Crippen LogP contribution in [-0.2, 0) is 0 Å². The highest BCUT2D eigenvalue weighted by atomic mass is 16.5. The van der Waals surface area contributed by atoms with Crippen LogP contribution in [0.1, 0.15) is 0 Å². The molecule has 10 aromatic carbocycles. The molecule has 0 spiro atoms. The van der Waals surface area contributed by atoms with Crippen LogP contribution in [0.15, 0.2) is 206 Å². The van der Waals surface area contributed by atoms with Crippen LogP contribution in [0, 0.1) is 0 Å². The number of rotatable bonds is 5. The summed E-state index contributed by atoms with van der Waals surface area (Å²) in [5.41, 5.74) is 11.4. The van der Waals surface area contributed by atoms with Crippen LogP contribution in [0.4, 0.5) is 17.1 Å². The van der Waals surface area contributed by atoms with Crippen LogP contribution in [0.2, 0.25) is 0 Å². The Morgan fingerprint density at radius 3 is 1.74 bits per heavy atom. The lowest BCUT2D eigenvalue weighted by atomic mass is 9.99. The molecule has 12 rings (SSSR count). The van der Waals surface area contributed by atoms with E-state index in [9.17, 15) is 0 Å². The molecule has 3 nitrogen and oxygen atoms in total. The Balaban J connectivity index is 0.957. The minimum atomic E-state index is 0.877. The van der Waals surface area contributed by atoms with Gasteiger partial charge in [-0.2, -0.15) is 0 Å². The summed E-state index contributed by atoms with van der Waals surface area (Å²) >= 11 is 0. The summed E-state index contributed by atoms with van der Waals surface area (Å²) in [4.78, 5) is 2.37. The molecule has 0 unspecified atom stereocenters. The Morgan fingerprint density at radius 1 is 0.333 bits per heavy atom. The third-order valence-corrected chi connectivity index (χ3v) is 11.7. The molecule has 0 bridgehead atoms. The highest BCUT2D eigenvalue weighted by molar-refractivity contribution is 6.13. The Labute approximate surface area is 329 Å². The SMILES string of the molecule is c1ccc2c(c1)Oc1cccc3c4cc(-c5ccc(N(c6ccc(-c7ccc8ccccc8c7)cc6)c6ccc7c(ccc8ccccc87)c6)cc5)ccc4n-2c13. The van der Waals surface area contributed by atoms with Gasteiger partial charge in [-0.15, -0.1) is 0 Å². The lowest BCUT2D eigenvalue weighted by Crippen LogP contribution is -2.09. The zero-order valence-corrected chi connectivity index (χ0v) is 30.9. The van der Waals surface area contributed by atoms with Crippen LogP contribution in [0.5, 0.6) is 11.5 Å². The van der Waals surface area contributed by atoms with Crippen molar-refractivity contribution in [3.05, 3.63) is 206 Å². The maximum absolute atomic E-state index is 6.36. The minimum Gasteiger partial charge on any atom is -0.453 e. The van der Waals surface area contributed by atoms with Gasteiger partial charge in [0.2, 0.25) is 0 Å². The first-order valence-electron chi connectivity index (χ1n) is 19.5. The second-order valence-electron chi connectivity index (χ2n) is 15.0. The van der Waals surface area contributed by atoms with E-state index in [2.05, 4.69) is 204 Å². The van der Waals surface area contributed by atoms with E-state index in [1.54, 1.807) is 0 Å². The van der Waals surface area contributed by atoms with E-state index in [0.29, 0.717) is 0 Å². The quantitative estimate of drug-likeness (QED) is 0.164. The normalized spacial score (nSPS) is 12.0. The van der Waals surface area contributed by atoms with Gasteiger partial charge in [-0.25, -0.2) is 0 Å². The van der Waals surface area contributed by atoms with Crippen LogP contribution < -0.4 is 9.64 Å². The maximum Gasteiger partial charge on any atom is 0.152 e. The van der Waals surface area contributed by atoms with Crippen molar-refractivity contribution in [3.63, 3.8) is 0 Å². The summed E-state index contributed by atoms with van der Waals surface area (Å²) in [5.74, 6) is 1.77. The molecule has 1 aliphatic rings. The molecule has 0 aliphatic carbocycles. The first-order valence-corrected chi connectivity index (χ1v) is 19.5. The number of ether oxygens (including phenoxy) is 1. The van der Waals surface area contributed by atoms with E-state index in [1.807, 2.05) is 12.1 Å². The zero-order chi connectivity index (χ0) is 37.5. The van der Waals surface area contributed by atoms with Crippen molar-refractivity contribution in [3.8, 4) is 39.4 Å². The van der Waals surface area contributed by atoms with Crippen LogP contribution in [0.3, 0.4) is 0 Å². The fourth-order valence-electron chi connectivity index (χ4n) is 8.96. The first kappa shape index (κ1) is 31.7. The number of hydrogen-bond donors (Lipinski definition) is 0. The average Bonchev–Trinajstić information content (AvgIpc) is 3.62. The van der Waals surface area contributed by atoms with Crippen molar-refractivity contribution in [2.24, 2.45) is 0 Å². The number of benzene rings is 10. The number of hydrogen-bond acceptors (Lipinski definition) is 2. The molecule has 57 heavy (non-hydrogen) atoms. The molecule has 0 amide bonds. The summed E-state index contributed by atoms with van der Waals surface area (Å²) < 4.78 is 8.71. The number of nitrogens with zero attached hydrogens (tertiary/aromatic N) is 2. The Bertz CT molecular complexity index is 3380. The van der Waals surface area contributed by atoms with Crippen molar-refractivity contribution in [2.45, 2.75) is 0 Å². The standard InChI is InChI=1S/C54H34N2O/c1-2-10-39-32-40(18-16-35(39)8-1)36-20-25-43(26-21-36)55(45-29-30-47-42(33-45)19-17-38-9-3-4-11-46(38)47)44-27-22-37(23-28-44)41-24-31-50-49(34-41)48-12-7-15-53-54(48)56(50)51-13-5-6-14-52(51)57-53/h1-34H. The molecule has 0 radical (unpaired) electrons. The molecule has 0 saturated heterocycles. The van der Waals surface area contributed by atoms with Crippen molar-refractivity contribution < 1.29 is 4.74 Å². The molecular weight excluding hydrogens is 693 g/mol. The summed E-state index contributed by atoms with van der Waals surface area (Å²) in [7, 11) is 0. The fraction of sp³-hybridized carbons (Fsp3) is 0. The van der Waals surface area contributed by atoms with E-state index < -0.39 is 0 Å². The van der Waals surface area contributed by atoms with Crippen LogP contribution in [0.25, 0.3) is 82.1 Å². The van der Waals surface area contributed by atoms with Gasteiger partial charge in [0.05, 0.1) is 16.7 Å². The van der Waals surface area contributed by atoms with Gasteiger partial charge < -0.3 is 14.2 Å². The Kier molecular flexibility index (Phi) is 6.93. The molecule has 0 saturated carbocycles. The monoisotopic (exact) mass is 726 g/mol. The van der Waals surface area contributed by atoms with Crippen molar-refractivity contribution >= 4 is 71.2 Å². The van der Waals surface area contributed by atoms with Gasteiger partial charge in [0.1, 0.15) is 0 Å². The largest absolute Gasteiger partial charge is 0.453 e.